The summed E-state index contributed by atoms with van der Waals surface area (Å²) in [6, 6.07) is 9.26. The van der Waals surface area contributed by atoms with E-state index in [0.717, 1.165) is 0 Å². The van der Waals surface area contributed by atoms with Gasteiger partial charge in [0, 0.05) is 34.9 Å². The number of hydrogen-bond donors (Lipinski definition) is 2. The molecule has 1 heterocycles. The van der Waals surface area contributed by atoms with Gasteiger partial charge in [0.1, 0.15) is 12.2 Å². The number of hydrogen-bond acceptors (Lipinski definition) is 6. The summed E-state index contributed by atoms with van der Waals surface area (Å²) in [6.45, 7) is -1.11. The predicted molar refractivity (Wildman–Crippen MR) is 109 cm³/mol. The van der Waals surface area contributed by atoms with Gasteiger partial charge >= 0.3 is 6.61 Å². The molecular formula is C21H22ClF2NO6. The second-order valence-corrected chi connectivity index (χ2v) is 7.06. The van der Waals surface area contributed by atoms with Crippen LogP contribution in [0.25, 0.3) is 0 Å². The molecule has 10 heteroatoms. The van der Waals surface area contributed by atoms with Crippen LogP contribution in [0.3, 0.4) is 0 Å². The zero-order chi connectivity index (χ0) is 22.5. The zero-order valence-corrected chi connectivity index (χ0v) is 17.6. The van der Waals surface area contributed by atoms with Gasteiger partial charge in [-0.25, -0.2) is 0 Å². The largest absolute Gasteiger partial charge is 0.492 e. The highest BCUT2D eigenvalue weighted by atomic mass is 35.5. The van der Waals surface area contributed by atoms with Crippen molar-refractivity contribution in [2.24, 2.45) is 0 Å². The number of methoxy groups -OCH3 is 1. The highest BCUT2D eigenvalue weighted by molar-refractivity contribution is 6.30. The fourth-order valence-corrected chi connectivity index (χ4v) is 3.55. The summed E-state index contributed by atoms with van der Waals surface area (Å²) in [6.07, 6.45) is -3.43. The summed E-state index contributed by atoms with van der Waals surface area (Å²) in [4.78, 5) is 12.8. The van der Waals surface area contributed by atoms with Crippen molar-refractivity contribution >= 4 is 23.2 Å². The van der Waals surface area contributed by atoms with Gasteiger partial charge in [-0.05, 0) is 31.2 Å². The number of benzene rings is 2. The topological polar surface area (TPSA) is 86.2 Å². The van der Waals surface area contributed by atoms with Crippen LogP contribution in [0.1, 0.15) is 30.6 Å². The third-order valence-electron chi connectivity index (χ3n) is 4.63. The number of ether oxygens (including phenoxy) is 4. The Kier molecular flexibility index (Phi) is 7.66. The Bertz CT molecular complexity index is 929. The van der Waals surface area contributed by atoms with Crippen molar-refractivity contribution in [3.8, 4) is 11.5 Å². The van der Waals surface area contributed by atoms with Crippen molar-refractivity contribution in [1.82, 2.24) is 0 Å². The van der Waals surface area contributed by atoms with Crippen molar-refractivity contribution in [2.45, 2.75) is 38.5 Å². The van der Waals surface area contributed by atoms with Crippen LogP contribution in [-0.4, -0.2) is 43.7 Å². The van der Waals surface area contributed by atoms with Crippen molar-refractivity contribution in [3.63, 3.8) is 0 Å². The number of alkyl halides is 2. The van der Waals surface area contributed by atoms with E-state index in [1.165, 1.54) is 19.2 Å². The molecule has 2 aromatic rings. The number of para-hydroxylation sites is 1. The number of halogens is 3. The highest BCUT2D eigenvalue weighted by Gasteiger charge is 2.35. The first-order valence-electron chi connectivity index (χ1n) is 9.51. The van der Waals surface area contributed by atoms with Gasteiger partial charge in [0.25, 0.3) is 5.91 Å². The normalized spacial score (nSPS) is 19.4. The first kappa shape index (κ1) is 23.2. The number of fused-ring (bicyclic) bond motifs is 1. The van der Waals surface area contributed by atoms with Crippen molar-refractivity contribution in [3.05, 3.63) is 52.5 Å². The summed E-state index contributed by atoms with van der Waals surface area (Å²) in [5.74, 6) is -0.655. The first-order valence-corrected chi connectivity index (χ1v) is 9.89. The van der Waals surface area contributed by atoms with E-state index >= 15 is 0 Å². The molecule has 1 aliphatic heterocycles. The second-order valence-electron chi connectivity index (χ2n) is 6.63. The lowest BCUT2D eigenvalue weighted by molar-refractivity contribution is -0.148. The Labute approximate surface area is 182 Å². The van der Waals surface area contributed by atoms with Crippen LogP contribution >= 0.6 is 11.6 Å². The average molecular weight is 458 g/mol. The molecule has 168 valence electrons. The maximum Gasteiger partial charge on any atom is 0.387 e. The van der Waals surface area contributed by atoms with Crippen molar-refractivity contribution < 1.29 is 37.6 Å². The molecule has 0 aromatic heterocycles. The summed E-state index contributed by atoms with van der Waals surface area (Å²) in [7, 11) is 1.31. The Morgan fingerprint density at radius 3 is 2.71 bits per heavy atom. The van der Waals surface area contributed by atoms with Gasteiger partial charge in [-0.15, -0.1) is 0 Å². The minimum Gasteiger partial charge on any atom is -0.492 e. The quantitative estimate of drug-likeness (QED) is 0.580. The monoisotopic (exact) mass is 457 g/mol. The maximum absolute atomic E-state index is 12.9. The van der Waals surface area contributed by atoms with Crippen LogP contribution in [0.2, 0.25) is 5.02 Å². The molecule has 3 rings (SSSR count). The SMILES string of the molecule is CCOC(O)C[C@H]1O[C@H](c2cccc(OC(F)F)c2OC)c2cc(Cl)ccc2NC1=O. The molecule has 2 aromatic carbocycles. The van der Waals surface area contributed by atoms with Crippen LogP contribution in [0, 0.1) is 0 Å². The van der Waals surface area contributed by atoms with E-state index in [9.17, 15) is 18.7 Å². The van der Waals surface area contributed by atoms with E-state index in [4.69, 9.17) is 25.8 Å². The number of carbonyl (C=O) groups is 1. The molecule has 3 atom stereocenters. The van der Waals surface area contributed by atoms with E-state index in [0.29, 0.717) is 21.8 Å². The third kappa shape index (κ3) is 5.43. The maximum atomic E-state index is 12.9. The van der Waals surface area contributed by atoms with Crippen LogP contribution in [0.5, 0.6) is 11.5 Å². The van der Waals surface area contributed by atoms with Crippen LogP contribution in [0.4, 0.5) is 14.5 Å². The summed E-state index contributed by atoms with van der Waals surface area (Å²) in [5, 5.41) is 13.2. The predicted octanol–water partition coefficient (Wildman–Crippen LogP) is 4.12. The van der Waals surface area contributed by atoms with Gasteiger partial charge in [-0.2, -0.15) is 8.78 Å². The van der Waals surface area contributed by atoms with Crippen LogP contribution < -0.4 is 14.8 Å². The van der Waals surface area contributed by atoms with Gasteiger partial charge < -0.3 is 29.4 Å². The summed E-state index contributed by atoms with van der Waals surface area (Å²) >= 11 is 6.17. The third-order valence-corrected chi connectivity index (χ3v) is 4.87. The fourth-order valence-electron chi connectivity index (χ4n) is 3.37. The number of amides is 1. The lowest BCUT2D eigenvalue weighted by Crippen LogP contribution is -2.33. The van der Waals surface area contributed by atoms with Gasteiger partial charge in [0.05, 0.1) is 7.11 Å². The van der Waals surface area contributed by atoms with Crippen molar-refractivity contribution in [2.75, 3.05) is 19.0 Å². The Morgan fingerprint density at radius 1 is 1.26 bits per heavy atom. The first-order chi connectivity index (χ1) is 14.8. The van der Waals surface area contributed by atoms with Crippen LogP contribution in [-0.2, 0) is 14.3 Å². The Hall–Kier alpha value is -2.46. The minimum atomic E-state index is -3.06. The molecule has 1 amide bonds. The Balaban J connectivity index is 2.09. The van der Waals surface area contributed by atoms with E-state index in [2.05, 4.69) is 10.1 Å². The van der Waals surface area contributed by atoms with E-state index in [-0.39, 0.29) is 24.5 Å². The molecule has 0 bridgehead atoms. The highest BCUT2D eigenvalue weighted by Crippen LogP contribution is 2.44. The van der Waals surface area contributed by atoms with Gasteiger partial charge in [0.2, 0.25) is 0 Å². The number of nitrogens with one attached hydrogen (secondary N) is 1. The smallest absolute Gasteiger partial charge is 0.387 e. The number of anilines is 1. The molecule has 0 spiro atoms. The lowest BCUT2D eigenvalue weighted by atomic mass is 9.98. The average Bonchev–Trinajstić information content (AvgIpc) is 2.84. The van der Waals surface area contributed by atoms with E-state index in [1.54, 1.807) is 31.2 Å². The molecule has 2 N–H and O–H groups in total. The van der Waals surface area contributed by atoms with Crippen LogP contribution in [0.15, 0.2) is 36.4 Å². The molecule has 0 fully saturated rings. The number of aliphatic hydroxyl groups is 1. The summed E-state index contributed by atoms with van der Waals surface area (Å²) in [5.41, 5.74) is 1.26. The molecule has 7 nitrogen and oxygen atoms in total. The molecule has 1 unspecified atom stereocenters. The van der Waals surface area contributed by atoms with Gasteiger partial charge in [-0.3, -0.25) is 4.79 Å². The zero-order valence-electron chi connectivity index (χ0n) is 16.8. The lowest BCUT2D eigenvalue weighted by Gasteiger charge is -2.25. The summed E-state index contributed by atoms with van der Waals surface area (Å²) < 4.78 is 46.9. The Morgan fingerprint density at radius 2 is 2.03 bits per heavy atom. The standard InChI is InChI=1S/C21H22ClF2NO6/c1-3-29-17(26)10-16-20(27)25-14-8-7-11(22)9-13(14)18(30-16)12-5-4-6-15(19(12)28-2)31-21(23)24/h4-9,16-18,21,26H,3,10H2,1-2H3,(H,25,27)/t16-,17?,18-/m1/s1. The molecule has 31 heavy (non-hydrogen) atoms. The molecule has 0 radical (unpaired) electrons. The molecule has 1 aliphatic rings. The van der Waals surface area contributed by atoms with E-state index in [1.807, 2.05) is 0 Å². The number of rotatable bonds is 8. The molecule has 0 aliphatic carbocycles. The second kappa shape index (κ2) is 10.2. The molecular weight excluding hydrogens is 436 g/mol. The minimum absolute atomic E-state index is 0.0252. The molecule has 0 saturated carbocycles. The van der Waals surface area contributed by atoms with Crippen molar-refractivity contribution in [1.29, 1.82) is 0 Å². The fraction of sp³-hybridized carbons (Fsp3) is 0.381. The number of aliphatic hydroxyl groups excluding tert-OH is 1. The van der Waals surface area contributed by atoms with Gasteiger partial charge in [-0.1, -0.05) is 23.7 Å². The number of carbonyl (C=O) groups excluding carboxylic acids is 1. The van der Waals surface area contributed by atoms with Gasteiger partial charge in [0.15, 0.2) is 17.8 Å². The molecule has 0 saturated heterocycles. The van der Waals surface area contributed by atoms with E-state index < -0.39 is 31.0 Å².